The fraction of sp³-hybridized carbons (Fsp3) is 0.167. The first-order chi connectivity index (χ1) is 8.07. The van der Waals surface area contributed by atoms with E-state index in [1.807, 2.05) is 34.9 Å². The Hall–Kier alpha value is -0.830. The highest BCUT2D eigenvalue weighted by Crippen LogP contribution is 2.35. The van der Waals surface area contributed by atoms with Crippen molar-refractivity contribution in [3.05, 3.63) is 60.2 Å². The summed E-state index contributed by atoms with van der Waals surface area (Å²) in [5.74, 6) is 0. The van der Waals surface area contributed by atoms with Crippen LogP contribution in [0.2, 0.25) is 0 Å². The van der Waals surface area contributed by atoms with Crippen LogP contribution in [0.3, 0.4) is 0 Å². The minimum Gasteiger partial charge on any atom is -0.252 e. The smallest absolute Gasteiger partial charge is 0.252 e. The maximum Gasteiger partial charge on any atom is 0.276 e. The van der Waals surface area contributed by atoms with Gasteiger partial charge in [-0.1, -0.05) is 65.1 Å². The molecule has 0 radical (unpaired) electrons. The average molecular weight is 289 g/mol. The summed E-state index contributed by atoms with van der Waals surface area (Å²) < 4.78 is 0.401. The summed E-state index contributed by atoms with van der Waals surface area (Å²) in [6.45, 7) is 0.645. The van der Waals surface area contributed by atoms with Crippen LogP contribution in [-0.4, -0.2) is 4.98 Å². The lowest BCUT2D eigenvalue weighted by Gasteiger charge is -2.09. The van der Waals surface area contributed by atoms with Gasteiger partial charge in [0.1, 0.15) is 0 Å². The van der Waals surface area contributed by atoms with E-state index in [0.717, 1.165) is 5.56 Å². The molecule has 1 aromatic heterocycles. The third kappa shape index (κ3) is 3.32. The second kappa shape index (κ2) is 5.21. The number of alkyl halides is 3. The quantitative estimate of drug-likeness (QED) is 0.612. The second-order valence-corrected chi connectivity index (χ2v) is 5.85. The van der Waals surface area contributed by atoms with Gasteiger partial charge in [-0.3, -0.25) is 4.98 Å². The van der Waals surface area contributed by atoms with Gasteiger partial charge in [-0.2, -0.15) is 4.57 Å². The zero-order valence-corrected chi connectivity index (χ0v) is 11.1. The Morgan fingerprint density at radius 3 is 2.47 bits per heavy atom. The molecule has 1 aromatic carbocycles. The van der Waals surface area contributed by atoms with Gasteiger partial charge in [0.2, 0.25) is 0 Å². The summed E-state index contributed by atoms with van der Waals surface area (Å²) in [5.41, 5.74) is 1.69. The van der Waals surface area contributed by atoms with Gasteiger partial charge in [-0.25, -0.2) is 0 Å². The molecule has 0 aliphatic rings. The predicted octanol–water partition coefficient (Wildman–Crippen LogP) is 3.24. The van der Waals surface area contributed by atoms with Crippen molar-refractivity contribution in [2.24, 2.45) is 0 Å². The number of hydrogen-bond acceptors (Lipinski definition) is 1. The van der Waals surface area contributed by atoms with Gasteiger partial charge in [0, 0.05) is 5.56 Å². The van der Waals surface area contributed by atoms with E-state index in [-0.39, 0.29) is 0 Å². The lowest BCUT2D eigenvalue weighted by Crippen LogP contribution is -2.41. The third-order valence-electron chi connectivity index (χ3n) is 2.33. The summed E-state index contributed by atoms with van der Waals surface area (Å²) in [6, 6.07) is 9.97. The van der Waals surface area contributed by atoms with Gasteiger partial charge >= 0.3 is 0 Å². The molecule has 2 rings (SSSR count). The Bertz CT molecular complexity index is 495. The van der Waals surface area contributed by atoms with E-state index < -0.39 is 3.79 Å². The molecule has 0 unspecified atom stereocenters. The van der Waals surface area contributed by atoms with Crippen molar-refractivity contribution < 1.29 is 4.57 Å². The van der Waals surface area contributed by atoms with Gasteiger partial charge in [-0.15, -0.1) is 0 Å². The Morgan fingerprint density at radius 1 is 1.12 bits per heavy atom. The highest BCUT2D eigenvalue weighted by atomic mass is 35.6. The molecule has 0 saturated heterocycles. The van der Waals surface area contributed by atoms with Crippen LogP contribution in [0.1, 0.15) is 11.3 Å². The fourth-order valence-electron chi connectivity index (χ4n) is 1.54. The molecule has 5 heteroatoms. The van der Waals surface area contributed by atoms with Crippen LogP contribution in [0.5, 0.6) is 0 Å². The Kier molecular flexibility index (Phi) is 3.87. The number of nitrogens with zero attached hydrogens (tertiary/aromatic N) is 2. The molecule has 0 N–H and O–H groups in total. The number of aromatic nitrogens is 2. The first-order valence-corrected chi connectivity index (χ1v) is 6.15. The minimum atomic E-state index is -1.47. The van der Waals surface area contributed by atoms with Crippen molar-refractivity contribution in [2.45, 2.75) is 10.3 Å². The Balaban J connectivity index is 2.34. The zero-order chi connectivity index (χ0) is 12.3. The van der Waals surface area contributed by atoms with Gasteiger partial charge in [0.15, 0.2) is 12.7 Å². The molecular weight excluding hydrogens is 279 g/mol. The van der Waals surface area contributed by atoms with E-state index in [1.165, 1.54) is 0 Å². The molecule has 2 aromatic rings. The molecule has 0 saturated carbocycles. The number of hydrogen-bond donors (Lipinski definition) is 0. The van der Waals surface area contributed by atoms with Gasteiger partial charge in [-0.05, 0) is 0 Å². The van der Waals surface area contributed by atoms with E-state index >= 15 is 0 Å². The molecule has 0 amide bonds. The van der Waals surface area contributed by atoms with Crippen LogP contribution >= 0.6 is 34.8 Å². The molecule has 0 aliphatic heterocycles. The molecule has 0 bridgehead atoms. The van der Waals surface area contributed by atoms with Gasteiger partial charge in [0.25, 0.3) is 9.49 Å². The molecule has 0 fully saturated rings. The highest BCUT2D eigenvalue weighted by Gasteiger charge is 2.33. The minimum absolute atomic E-state index is 0.550. The Morgan fingerprint density at radius 2 is 1.82 bits per heavy atom. The van der Waals surface area contributed by atoms with Gasteiger partial charge < -0.3 is 0 Å². The topological polar surface area (TPSA) is 16.8 Å². The average Bonchev–Trinajstić information content (AvgIpc) is 2.30. The van der Waals surface area contributed by atoms with E-state index in [9.17, 15) is 0 Å². The zero-order valence-electron chi connectivity index (χ0n) is 8.85. The van der Waals surface area contributed by atoms with Gasteiger partial charge in [0.05, 0.1) is 12.4 Å². The van der Waals surface area contributed by atoms with Crippen LogP contribution in [-0.2, 0) is 10.3 Å². The number of benzene rings is 1. The molecule has 1 heterocycles. The molecule has 0 spiro atoms. The summed E-state index contributed by atoms with van der Waals surface area (Å²) in [7, 11) is 0. The van der Waals surface area contributed by atoms with Crippen molar-refractivity contribution >= 4 is 34.8 Å². The molecular formula is C12H10Cl3N2+. The summed E-state index contributed by atoms with van der Waals surface area (Å²) >= 11 is 17.7. The maximum atomic E-state index is 5.90. The summed E-state index contributed by atoms with van der Waals surface area (Å²) in [4.78, 5) is 3.98. The van der Waals surface area contributed by atoms with E-state index in [2.05, 4.69) is 4.98 Å². The van der Waals surface area contributed by atoms with Crippen molar-refractivity contribution in [3.8, 4) is 0 Å². The van der Waals surface area contributed by atoms with Crippen molar-refractivity contribution in [1.82, 2.24) is 4.98 Å². The highest BCUT2D eigenvalue weighted by molar-refractivity contribution is 6.66. The fourth-order valence-corrected chi connectivity index (χ4v) is 2.01. The number of rotatable bonds is 2. The van der Waals surface area contributed by atoms with Crippen molar-refractivity contribution in [1.29, 1.82) is 0 Å². The largest absolute Gasteiger partial charge is 0.276 e. The molecule has 17 heavy (non-hydrogen) atoms. The van der Waals surface area contributed by atoms with Crippen LogP contribution in [0.15, 0.2) is 48.9 Å². The normalized spacial score (nSPS) is 11.5. The lowest BCUT2D eigenvalue weighted by atomic mass is 10.2. The molecule has 0 aliphatic carbocycles. The number of halogens is 3. The van der Waals surface area contributed by atoms with Crippen molar-refractivity contribution in [2.75, 3.05) is 0 Å². The van der Waals surface area contributed by atoms with E-state index in [1.54, 1.807) is 18.6 Å². The van der Waals surface area contributed by atoms with Crippen molar-refractivity contribution in [3.63, 3.8) is 0 Å². The van der Waals surface area contributed by atoms with E-state index in [4.69, 9.17) is 34.8 Å². The first-order valence-electron chi connectivity index (χ1n) is 5.02. The van der Waals surface area contributed by atoms with E-state index in [0.29, 0.717) is 12.2 Å². The van der Waals surface area contributed by atoms with Crippen LogP contribution in [0.4, 0.5) is 0 Å². The van der Waals surface area contributed by atoms with Crippen LogP contribution < -0.4 is 4.57 Å². The molecule has 2 nitrogen and oxygen atoms in total. The SMILES string of the molecule is ClC(Cl)(Cl)c1cncc[n+]1Cc1ccccc1. The predicted molar refractivity (Wildman–Crippen MR) is 69.2 cm³/mol. The molecule has 88 valence electrons. The summed E-state index contributed by atoms with van der Waals surface area (Å²) in [5, 5.41) is 0. The standard InChI is InChI=1S/C12H10Cl3N2/c13-12(14,15)11-8-16-6-7-17(11)9-10-4-2-1-3-5-10/h1-8H,9H2/q+1. The third-order valence-corrected chi connectivity index (χ3v) is 2.91. The monoisotopic (exact) mass is 287 g/mol. The second-order valence-electron chi connectivity index (χ2n) is 3.57. The first kappa shape index (κ1) is 12.6. The van der Waals surface area contributed by atoms with Crippen LogP contribution in [0, 0.1) is 0 Å². The summed E-state index contributed by atoms with van der Waals surface area (Å²) in [6.07, 6.45) is 5.03. The Labute approximate surface area is 115 Å². The van der Waals surface area contributed by atoms with Crippen LogP contribution in [0.25, 0.3) is 0 Å². The lowest BCUT2D eigenvalue weighted by molar-refractivity contribution is -0.696. The maximum absolute atomic E-state index is 5.90. The molecule has 0 atom stereocenters.